The molecule has 2 N–H and O–H groups in total. The van der Waals surface area contributed by atoms with Crippen molar-refractivity contribution in [1.29, 1.82) is 0 Å². The van der Waals surface area contributed by atoms with Crippen molar-refractivity contribution in [3.63, 3.8) is 0 Å². The summed E-state index contributed by atoms with van der Waals surface area (Å²) >= 11 is 1.01. The summed E-state index contributed by atoms with van der Waals surface area (Å²) in [4.78, 5) is 48.6. The zero-order valence-electron chi connectivity index (χ0n) is 16.1. The Morgan fingerprint density at radius 2 is 1.77 bits per heavy atom. The topological polar surface area (TPSA) is 115 Å². The number of amides is 2. The first kappa shape index (κ1) is 21.0. The predicted molar refractivity (Wildman–Crippen MR) is 111 cm³/mol. The maximum absolute atomic E-state index is 12.4. The molecular weight excluding hydrogens is 408 g/mol. The lowest BCUT2D eigenvalue weighted by atomic mass is 10.1. The SMILES string of the molecule is CC(=O)c1ccccc1NC(=O)C(C)OC(=O)c1ccc(NC(=O)c2ccco2)s1. The van der Waals surface area contributed by atoms with Gasteiger partial charge in [0.2, 0.25) is 0 Å². The fourth-order valence-corrected chi connectivity index (χ4v) is 3.29. The van der Waals surface area contributed by atoms with Crippen LogP contribution in [0.1, 0.15) is 44.4 Å². The lowest BCUT2D eigenvalue weighted by molar-refractivity contribution is -0.123. The molecule has 3 rings (SSSR count). The summed E-state index contributed by atoms with van der Waals surface area (Å²) in [6, 6.07) is 12.7. The number of ether oxygens (including phenoxy) is 1. The van der Waals surface area contributed by atoms with Gasteiger partial charge < -0.3 is 19.8 Å². The molecule has 1 unspecified atom stereocenters. The number of rotatable bonds is 7. The van der Waals surface area contributed by atoms with Gasteiger partial charge in [-0.3, -0.25) is 14.4 Å². The highest BCUT2D eigenvalue weighted by atomic mass is 32.1. The highest BCUT2D eigenvalue weighted by molar-refractivity contribution is 7.18. The van der Waals surface area contributed by atoms with Crippen LogP contribution in [0.15, 0.2) is 59.2 Å². The number of benzene rings is 1. The maximum Gasteiger partial charge on any atom is 0.349 e. The van der Waals surface area contributed by atoms with Crippen LogP contribution in [0.4, 0.5) is 10.7 Å². The standard InChI is InChI=1S/C21H18N2O6S/c1-12(24)14-6-3-4-7-15(14)22-19(25)13(2)29-21(27)17-9-10-18(30-17)23-20(26)16-8-5-11-28-16/h3-11,13H,1-2H3,(H,22,25)(H,23,26). The van der Waals surface area contributed by atoms with Crippen molar-refractivity contribution in [2.24, 2.45) is 0 Å². The van der Waals surface area contributed by atoms with Crippen molar-refractivity contribution < 1.29 is 28.3 Å². The van der Waals surface area contributed by atoms with Crippen molar-refractivity contribution in [2.45, 2.75) is 20.0 Å². The van der Waals surface area contributed by atoms with E-state index in [2.05, 4.69) is 10.6 Å². The van der Waals surface area contributed by atoms with Crippen LogP contribution in [0.3, 0.4) is 0 Å². The average Bonchev–Trinajstić information content (AvgIpc) is 3.40. The summed E-state index contributed by atoms with van der Waals surface area (Å²) in [7, 11) is 0. The fraction of sp³-hybridized carbons (Fsp3) is 0.143. The molecule has 3 aromatic rings. The van der Waals surface area contributed by atoms with E-state index in [4.69, 9.17) is 9.15 Å². The van der Waals surface area contributed by atoms with E-state index in [0.717, 1.165) is 11.3 Å². The van der Waals surface area contributed by atoms with Crippen LogP contribution in [0.2, 0.25) is 0 Å². The van der Waals surface area contributed by atoms with Crippen LogP contribution in [-0.4, -0.2) is 29.7 Å². The normalized spacial score (nSPS) is 11.4. The molecule has 0 bridgehead atoms. The number of nitrogens with one attached hydrogen (secondary N) is 2. The molecule has 2 aromatic heterocycles. The van der Waals surface area contributed by atoms with Gasteiger partial charge >= 0.3 is 5.97 Å². The van der Waals surface area contributed by atoms with Crippen LogP contribution in [-0.2, 0) is 9.53 Å². The fourth-order valence-electron chi connectivity index (χ4n) is 2.50. The van der Waals surface area contributed by atoms with Crippen LogP contribution in [0, 0.1) is 0 Å². The van der Waals surface area contributed by atoms with Gasteiger partial charge in [-0.15, -0.1) is 11.3 Å². The first-order chi connectivity index (χ1) is 14.3. The number of para-hydroxylation sites is 1. The second-order valence-electron chi connectivity index (χ2n) is 6.23. The summed E-state index contributed by atoms with van der Waals surface area (Å²) in [6.07, 6.45) is 0.286. The predicted octanol–water partition coefficient (Wildman–Crippen LogP) is 3.98. The zero-order chi connectivity index (χ0) is 21.7. The van der Waals surface area contributed by atoms with Crippen molar-refractivity contribution in [3.8, 4) is 0 Å². The van der Waals surface area contributed by atoms with Gasteiger partial charge in [-0.05, 0) is 50.2 Å². The summed E-state index contributed by atoms with van der Waals surface area (Å²) in [6.45, 7) is 2.82. The van der Waals surface area contributed by atoms with E-state index in [1.807, 2.05) is 0 Å². The monoisotopic (exact) mass is 426 g/mol. The Balaban J connectivity index is 1.59. The molecule has 1 atom stereocenters. The Hall–Kier alpha value is -3.72. The minimum Gasteiger partial charge on any atom is -0.459 e. The molecule has 8 nitrogen and oxygen atoms in total. The zero-order valence-corrected chi connectivity index (χ0v) is 16.9. The Morgan fingerprint density at radius 3 is 2.47 bits per heavy atom. The Morgan fingerprint density at radius 1 is 1.00 bits per heavy atom. The summed E-state index contributed by atoms with van der Waals surface area (Å²) in [5, 5.41) is 5.63. The van der Waals surface area contributed by atoms with Gasteiger partial charge in [0.25, 0.3) is 11.8 Å². The third-order valence-corrected chi connectivity index (χ3v) is 4.99. The minimum absolute atomic E-state index is 0.142. The molecular formula is C21H18N2O6S. The molecule has 154 valence electrons. The van der Waals surface area contributed by atoms with E-state index in [9.17, 15) is 19.2 Å². The van der Waals surface area contributed by atoms with Crippen molar-refractivity contribution in [1.82, 2.24) is 0 Å². The lowest BCUT2D eigenvalue weighted by Gasteiger charge is -2.14. The van der Waals surface area contributed by atoms with Crippen LogP contribution >= 0.6 is 11.3 Å². The number of hydrogen-bond donors (Lipinski definition) is 2. The quantitative estimate of drug-likeness (QED) is 0.436. The van der Waals surface area contributed by atoms with E-state index in [0.29, 0.717) is 16.3 Å². The van der Waals surface area contributed by atoms with Crippen LogP contribution in [0.25, 0.3) is 0 Å². The first-order valence-corrected chi connectivity index (χ1v) is 9.73. The number of Topliss-reactive ketones (excluding diaryl/α,β-unsaturated/α-hetero) is 1. The Labute approximate surface area is 175 Å². The first-order valence-electron chi connectivity index (χ1n) is 8.91. The number of thiophene rings is 1. The van der Waals surface area contributed by atoms with Gasteiger partial charge in [0.1, 0.15) is 4.88 Å². The van der Waals surface area contributed by atoms with E-state index in [-0.39, 0.29) is 16.4 Å². The van der Waals surface area contributed by atoms with Crippen LogP contribution in [0.5, 0.6) is 0 Å². The maximum atomic E-state index is 12.4. The molecule has 1 aromatic carbocycles. The molecule has 0 saturated carbocycles. The van der Waals surface area contributed by atoms with Gasteiger partial charge in [-0.25, -0.2) is 4.79 Å². The number of anilines is 2. The molecule has 2 amide bonds. The van der Waals surface area contributed by atoms with Gasteiger partial charge in [-0.1, -0.05) is 12.1 Å². The average molecular weight is 426 g/mol. The number of carbonyl (C=O) groups excluding carboxylic acids is 4. The van der Waals surface area contributed by atoms with Crippen molar-refractivity contribution in [2.75, 3.05) is 10.6 Å². The number of esters is 1. The third-order valence-electron chi connectivity index (χ3n) is 4.01. The van der Waals surface area contributed by atoms with Crippen LogP contribution < -0.4 is 10.6 Å². The second-order valence-corrected chi connectivity index (χ2v) is 7.32. The molecule has 30 heavy (non-hydrogen) atoms. The molecule has 0 spiro atoms. The molecule has 0 radical (unpaired) electrons. The smallest absolute Gasteiger partial charge is 0.349 e. The largest absolute Gasteiger partial charge is 0.459 e. The van der Waals surface area contributed by atoms with Crippen molar-refractivity contribution in [3.05, 3.63) is 71.0 Å². The van der Waals surface area contributed by atoms with Gasteiger partial charge in [0.15, 0.2) is 17.6 Å². The summed E-state index contributed by atoms with van der Waals surface area (Å²) < 4.78 is 10.2. The molecule has 0 fully saturated rings. The van der Waals surface area contributed by atoms with Gasteiger partial charge in [0.05, 0.1) is 17.0 Å². The molecule has 0 saturated heterocycles. The molecule has 0 aliphatic rings. The lowest BCUT2D eigenvalue weighted by Crippen LogP contribution is -2.30. The highest BCUT2D eigenvalue weighted by Gasteiger charge is 2.22. The Kier molecular flexibility index (Phi) is 6.43. The Bertz CT molecular complexity index is 1090. The van der Waals surface area contributed by atoms with Gasteiger partial charge in [-0.2, -0.15) is 0 Å². The molecule has 0 aliphatic carbocycles. The third kappa shape index (κ3) is 5.00. The second kappa shape index (κ2) is 9.19. The number of ketones is 1. The van der Waals surface area contributed by atoms with Gasteiger partial charge in [0, 0.05) is 5.56 Å². The number of hydrogen-bond acceptors (Lipinski definition) is 7. The van der Waals surface area contributed by atoms with E-state index in [1.165, 1.54) is 32.2 Å². The molecule has 0 aliphatic heterocycles. The van der Waals surface area contributed by atoms with E-state index < -0.39 is 23.9 Å². The summed E-state index contributed by atoms with van der Waals surface area (Å²) in [5.74, 6) is -1.78. The van der Waals surface area contributed by atoms with E-state index in [1.54, 1.807) is 36.4 Å². The number of furan rings is 1. The van der Waals surface area contributed by atoms with E-state index >= 15 is 0 Å². The van der Waals surface area contributed by atoms with Crippen molar-refractivity contribution >= 4 is 45.6 Å². The summed E-state index contributed by atoms with van der Waals surface area (Å²) in [5.41, 5.74) is 0.705. The molecule has 9 heteroatoms. The minimum atomic E-state index is -1.10. The molecule has 2 heterocycles. The number of carbonyl (C=O) groups is 4. The highest BCUT2D eigenvalue weighted by Crippen LogP contribution is 2.24.